The van der Waals surface area contributed by atoms with Crippen molar-refractivity contribution in [1.82, 2.24) is 29.6 Å². The molecule has 0 atom stereocenters. The van der Waals surface area contributed by atoms with Gasteiger partial charge in [-0.05, 0) is 17.7 Å². The fourth-order valence-electron chi connectivity index (χ4n) is 2.31. The SMILES string of the molecule is Cn1ncc(Cl)c1-c1nnc2sc(Cc3ccc(F)cc3)nn12. The summed E-state index contributed by atoms with van der Waals surface area (Å²) in [7, 11) is 1.79. The number of nitrogens with zero attached hydrogens (tertiary/aromatic N) is 6. The second-order valence-corrected chi connectivity index (χ2v) is 6.43. The zero-order chi connectivity index (χ0) is 16.0. The number of hydrogen-bond acceptors (Lipinski definition) is 5. The van der Waals surface area contributed by atoms with Crippen LogP contribution < -0.4 is 0 Å². The third-order valence-corrected chi connectivity index (χ3v) is 4.58. The molecule has 0 spiro atoms. The zero-order valence-corrected chi connectivity index (χ0v) is 13.5. The van der Waals surface area contributed by atoms with Gasteiger partial charge < -0.3 is 0 Å². The average Bonchev–Trinajstić information content (AvgIpc) is 3.17. The summed E-state index contributed by atoms with van der Waals surface area (Å²) in [5.41, 5.74) is 1.65. The first-order chi connectivity index (χ1) is 11.1. The summed E-state index contributed by atoms with van der Waals surface area (Å²) in [5, 5.41) is 18.3. The van der Waals surface area contributed by atoms with E-state index in [1.807, 2.05) is 0 Å². The first-order valence-electron chi connectivity index (χ1n) is 6.75. The maximum Gasteiger partial charge on any atom is 0.235 e. The third-order valence-electron chi connectivity index (χ3n) is 3.41. The highest BCUT2D eigenvalue weighted by Crippen LogP contribution is 2.27. The molecule has 6 nitrogen and oxygen atoms in total. The maximum absolute atomic E-state index is 13.0. The standard InChI is InChI=1S/C14H10ClFN6S/c1-21-12(10(15)7-17-21)13-18-19-14-22(13)20-11(23-14)6-8-2-4-9(16)5-3-8/h2-5,7H,6H2,1H3. The van der Waals surface area contributed by atoms with Gasteiger partial charge in [-0.1, -0.05) is 35.1 Å². The van der Waals surface area contributed by atoms with E-state index in [2.05, 4.69) is 20.4 Å². The molecule has 116 valence electrons. The molecule has 0 radical (unpaired) electrons. The molecule has 0 saturated heterocycles. The highest BCUT2D eigenvalue weighted by Gasteiger charge is 2.19. The molecule has 0 aliphatic carbocycles. The van der Waals surface area contributed by atoms with Crippen molar-refractivity contribution in [3.8, 4) is 11.5 Å². The molecular formula is C14H10ClFN6S. The molecule has 0 aliphatic heterocycles. The van der Waals surface area contributed by atoms with Crippen molar-refractivity contribution in [1.29, 1.82) is 0 Å². The maximum atomic E-state index is 13.0. The lowest BCUT2D eigenvalue weighted by Gasteiger charge is -1.99. The van der Waals surface area contributed by atoms with Gasteiger partial charge in [0, 0.05) is 13.5 Å². The minimum Gasteiger partial charge on any atom is -0.263 e. The van der Waals surface area contributed by atoms with Crippen molar-refractivity contribution in [2.24, 2.45) is 7.05 Å². The molecule has 3 aromatic heterocycles. The summed E-state index contributed by atoms with van der Waals surface area (Å²) in [6.45, 7) is 0. The van der Waals surface area contributed by atoms with Crippen molar-refractivity contribution in [2.75, 3.05) is 0 Å². The Bertz CT molecular complexity index is 967. The summed E-state index contributed by atoms with van der Waals surface area (Å²) in [6.07, 6.45) is 2.16. The molecule has 0 unspecified atom stereocenters. The minimum absolute atomic E-state index is 0.250. The topological polar surface area (TPSA) is 60.9 Å². The Balaban J connectivity index is 1.73. The van der Waals surface area contributed by atoms with Crippen molar-refractivity contribution < 1.29 is 4.39 Å². The van der Waals surface area contributed by atoms with Gasteiger partial charge in [-0.15, -0.1) is 10.2 Å². The van der Waals surface area contributed by atoms with E-state index in [1.54, 1.807) is 34.6 Å². The Hall–Kier alpha value is -2.32. The first kappa shape index (κ1) is 14.3. The van der Waals surface area contributed by atoms with Gasteiger partial charge in [-0.25, -0.2) is 4.39 Å². The molecule has 0 aliphatic rings. The Kier molecular flexibility index (Phi) is 3.35. The van der Waals surface area contributed by atoms with Crippen LogP contribution in [0.3, 0.4) is 0 Å². The van der Waals surface area contributed by atoms with Crippen LogP contribution in [0.4, 0.5) is 4.39 Å². The Morgan fingerprint density at radius 3 is 2.70 bits per heavy atom. The highest BCUT2D eigenvalue weighted by atomic mass is 35.5. The van der Waals surface area contributed by atoms with Gasteiger partial charge in [0.15, 0.2) is 0 Å². The number of aryl methyl sites for hydroxylation is 1. The van der Waals surface area contributed by atoms with Crippen LogP contribution in [0.1, 0.15) is 10.6 Å². The summed E-state index contributed by atoms with van der Waals surface area (Å²) >= 11 is 7.60. The van der Waals surface area contributed by atoms with E-state index in [0.717, 1.165) is 10.6 Å². The Morgan fingerprint density at radius 1 is 1.22 bits per heavy atom. The van der Waals surface area contributed by atoms with E-state index in [4.69, 9.17) is 11.6 Å². The monoisotopic (exact) mass is 348 g/mol. The Morgan fingerprint density at radius 2 is 2.00 bits per heavy atom. The quantitative estimate of drug-likeness (QED) is 0.571. The predicted molar refractivity (Wildman–Crippen MR) is 85.1 cm³/mol. The molecule has 0 N–H and O–H groups in total. The fraction of sp³-hybridized carbons (Fsp3) is 0.143. The molecule has 3 heterocycles. The van der Waals surface area contributed by atoms with Gasteiger partial charge in [-0.2, -0.15) is 14.7 Å². The van der Waals surface area contributed by atoms with Crippen LogP contribution in [0.25, 0.3) is 16.5 Å². The van der Waals surface area contributed by atoms with E-state index >= 15 is 0 Å². The summed E-state index contributed by atoms with van der Waals surface area (Å²) in [5.74, 6) is 0.298. The number of halogens is 2. The summed E-state index contributed by atoms with van der Waals surface area (Å²) in [4.78, 5) is 0.675. The van der Waals surface area contributed by atoms with Gasteiger partial charge >= 0.3 is 0 Å². The molecule has 23 heavy (non-hydrogen) atoms. The van der Waals surface area contributed by atoms with Crippen LogP contribution in [-0.4, -0.2) is 29.6 Å². The minimum atomic E-state index is -0.250. The molecule has 1 aromatic carbocycles. The molecule has 4 rings (SSSR count). The lowest BCUT2D eigenvalue weighted by Crippen LogP contribution is -1.99. The van der Waals surface area contributed by atoms with Crippen LogP contribution in [0.15, 0.2) is 30.5 Å². The molecule has 0 saturated carbocycles. The fourth-order valence-corrected chi connectivity index (χ4v) is 3.43. The number of benzene rings is 1. The van der Waals surface area contributed by atoms with Crippen molar-refractivity contribution in [3.05, 3.63) is 51.9 Å². The van der Waals surface area contributed by atoms with Crippen LogP contribution >= 0.6 is 22.9 Å². The Labute approximate surface area is 139 Å². The molecule has 4 aromatic rings. The molecule has 0 bridgehead atoms. The summed E-state index contributed by atoms with van der Waals surface area (Å²) < 4.78 is 16.3. The molecular weight excluding hydrogens is 339 g/mol. The lowest BCUT2D eigenvalue weighted by atomic mass is 10.2. The van der Waals surface area contributed by atoms with Crippen molar-refractivity contribution >= 4 is 27.9 Å². The molecule has 0 fully saturated rings. The van der Waals surface area contributed by atoms with Crippen molar-refractivity contribution in [3.63, 3.8) is 0 Å². The molecule has 0 amide bonds. The van der Waals surface area contributed by atoms with E-state index in [9.17, 15) is 4.39 Å². The van der Waals surface area contributed by atoms with E-state index in [-0.39, 0.29) is 5.82 Å². The van der Waals surface area contributed by atoms with Gasteiger partial charge in [0.2, 0.25) is 10.8 Å². The third kappa shape index (κ3) is 2.49. The van der Waals surface area contributed by atoms with E-state index < -0.39 is 0 Å². The molecule has 9 heteroatoms. The number of hydrogen-bond donors (Lipinski definition) is 0. The second-order valence-electron chi connectivity index (χ2n) is 4.98. The summed E-state index contributed by atoms with van der Waals surface area (Å²) in [6, 6.07) is 6.38. The predicted octanol–water partition coefficient (Wildman–Crippen LogP) is 2.97. The van der Waals surface area contributed by atoms with Crippen LogP contribution in [-0.2, 0) is 13.5 Å². The van der Waals surface area contributed by atoms with Gasteiger partial charge in [-0.3, -0.25) is 4.68 Å². The smallest absolute Gasteiger partial charge is 0.235 e. The van der Waals surface area contributed by atoms with E-state index in [1.165, 1.54) is 23.5 Å². The second kappa shape index (κ2) is 5.39. The lowest BCUT2D eigenvalue weighted by molar-refractivity contribution is 0.627. The first-order valence-corrected chi connectivity index (χ1v) is 7.94. The highest BCUT2D eigenvalue weighted by molar-refractivity contribution is 7.16. The van der Waals surface area contributed by atoms with Crippen LogP contribution in [0.5, 0.6) is 0 Å². The number of rotatable bonds is 3. The van der Waals surface area contributed by atoms with Gasteiger partial charge in [0.25, 0.3) is 0 Å². The van der Waals surface area contributed by atoms with Crippen LogP contribution in [0, 0.1) is 5.82 Å². The van der Waals surface area contributed by atoms with Crippen LogP contribution in [0.2, 0.25) is 5.02 Å². The van der Waals surface area contributed by atoms with E-state index in [0.29, 0.717) is 27.9 Å². The van der Waals surface area contributed by atoms with Crippen molar-refractivity contribution in [2.45, 2.75) is 6.42 Å². The normalized spacial score (nSPS) is 11.4. The number of aromatic nitrogens is 6. The average molecular weight is 349 g/mol. The largest absolute Gasteiger partial charge is 0.263 e. The zero-order valence-electron chi connectivity index (χ0n) is 11.9. The van der Waals surface area contributed by atoms with Gasteiger partial charge in [0.1, 0.15) is 16.5 Å². The van der Waals surface area contributed by atoms with Gasteiger partial charge in [0.05, 0.1) is 11.2 Å². The number of fused-ring (bicyclic) bond motifs is 1.